The van der Waals surface area contributed by atoms with Gasteiger partial charge in [-0.2, -0.15) is 0 Å². The van der Waals surface area contributed by atoms with Crippen LogP contribution in [0.1, 0.15) is 36.7 Å². The van der Waals surface area contributed by atoms with Crippen molar-refractivity contribution in [3.8, 4) is 0 Å². The van der Waals surface area contributed by atoms with E-state index >= 15 is 0 Å². The monoisotopic (exact) mass is 163 g/mol. The normalized spacial score (nSPS) is 10.3. The summed E-state index contributed by atoms with van der Waals surface area (Å²) in [4.78, 5) is 8.18. The lowest BCUT2D eigenvalue weighted by molar-refractivity contribution is 0.805. The molecule has 0 amide bonds. The first kappa shape index (κ1) is 8.84. The molecular weight excluding hydrogens is 150 g/mol. The van der Waals surface area contributed by atoms with Crippen molar-refractivity contribution in [3.05, 3.63) is 23.3 Å². The summed E-state index contributed by atoms with van der Waals surface area (Å²) in [6, 6.07) is 0. The Bertz CT molecular complexity index is 292. The molecule has 1 N–H and O–H groups in total. The first-order chi connectivity index (χ1) is 5.66. The first-order valence-electron chi connectivity index (χ1n) is 3.98. The lowest BCUT2D eigenvalue weighted by Gasteiger charge is -2.08. The van der Waals surface area contributed by atoms with Crippen LogP contribution in [0.5, 0.6) is 0 Å². The van der Waals surface area contributed by atoms with E-state index in [9.17, 15) is 0 Å². The average Bonchev–Trinajstić information content (AvgIpc) is 2.03. The van der Waals surface area contributed by atoms with Gasteiger partial charge in [0, 0.05) is 17.5 Å². The molecule has 1 aromatic rings. The second-order valence-corrected chi connectivity index (χ2v) is 3.06. The lowest BCUT2D eigenvalue weighted by atomic mass is 10.0. The van der Waals surface area contributed by atoms with Gasteiger partial charge in [0.2, 0.25) is 0 Å². The van der Waals surface area contributed by atoms with E-state index in [0.717, 1.165) is 17.0 Å². The van der Waals surface area contributed by atoms with E-state index in [-0.39, 0.29) is 0 Å². The third kappa shape index (κ3) is 1.49. The quantitative estimate of drug-likeness (QED) is 0.677. The number of hydrogen-bond acceptors (Lipinski definition) is 3. The number of hydrogen-bond donors (Lipinski definition) is 1. The van der Waals surface area contributed by atoms with Gasteiger partial charge in [-0.3, -0.25) is 0 Å². The first-order valence-corrected chi connectivity index (χ1v) is 3.98. The van der Waals surface area contributed by atoms with Crippen LogP contribution in [0.15, 0.2) is 6.33 Å². The van der Waals surface area contributed by atoms with Crippen LogP contribution >= 0.6 is 0 Å². The summed E-state index contributed by atoms with van der Waals surface area (Å²) in [6.07, 6.45) is 2.88. The molecule has 3 nitrogen and oxygen atoms in total. The molecule has 0 saturated heterocycles. The van der Waals surface area contributed by atoms with Crippen LogP contribution in [0.3, 0.4) is 0 Å². The summed E-state index contributed by atoms with van der Waals surface area (Å²) < 4.78 is 0. The zero-order valence-electron chi connectivity index (χ0n) is 7.63. The molecule has 1 heterocycles. The Labute approximate surface area is 72.4 Å². The van der Waals surface area contributed by atoms with Crippen LogP contribution < -0.4 is 0 Å². The minimum absolute atomic E-state index is 0.350. The van der Waals surface area contributed by atoms with Crippen molar-refractivity contribution >= 4 is 6.21 Å². The third-order valence-electron chi connectivity index (χ3n) is 1.81. The molecule has 0 spiro atoms. The molecule has 0 aliphatic carbocycles. The molecule has 0 unspecified atom stereocenters. The summed E-state index contributed by atoms with van der Waals surface area (Å²) in [7, 11) is 0. The second-order valence-electron chi connectivity index (χ2n) is 3.06. The Hall–Kier alpha value is -1.25. The minimum atomic E-state index is 0.350. The number of nitrogens with one attached hydrogen (secondary N) is 1. The maximum atomic E-state index is 7.21. The maximum absolute atomic E-state index is 7.21. The van der Waals surface area contributed by atoms with Gasteiger partial charge in [-0.1, -0.05) is 13.8 Å². The van der Waals surface area contributed by atoms with E-state index in [1.54, 1.807) is 6.33 Å². The molecule has 0 bridgehead atoms. The highest BCUT2D eigenvalue weighted by Gasteiger charge is 2.08. The maximum Gasteiger partial charge on any atom is 0.115 e. The predicted octanol–water partition coefficient (Wildman–Crippen LogP) is 1.91. The van der Waals surface area contributed by atoms with Gasteiger partial charge >= 0.3 is 0 Å². The number of rotatable bonds is 2. The molecule has 0 aliphatic rings. The summed E-state index contributed by atoms with van der Waals surface area (Å²) in [5.74, 6) is 0.350. The summed E-state index contributed by atoms with van der Waals surface area (Å²) in [5, 5.41) is 7.21. The smallest absolute Gasteiger partial charge is 0.115 e. The van der Waals surface area contributed by atoms with Gasteiger partial charge in [-0.05, 0) is 12.8 Å². The molecule has 1 aromatic heterocycles. The van der Waals surface area contributed by atoms with E-state index in [0.29, 0.717) is 5.92 Å². The molecule has 0 fully saturated rings. The standard InChI is InChI=1S/C9H13N3/c1-6(2)9-8(4-10)7(3)11-5-12-9/h4-6,10H,1-3H3. The van der Waals surface area contributed by atoms with Crippen LogP contribution in [-0.4, -0.2) is 16.2 Å². The minimum Gasteiger partial charge on any atom is -0.308 e. The van der Waals surface area contributed by atoms with Gasteiger partial charge in [0.1, 0.15) is 6.33 Å². The molecule has 0 saturated carbocycles. The topological polar surface area (TPSA) is 49.6 Å². The van der Waals surface area contributed by atoms with Crippen molar-refractivity contribution in [2.24, 2.45) is 0 Å². The molecule has 0 radical (unpaired) electrons. The fraction of sp³-hybridized carbons (Fsp3) is 0.444. The molecule has 0 atom stereocenters. The van der Waals surface area contributed by atoms with E-state index in [4.69, 9.17) is 5.41 Å². The predicted molar refractivity (Wildman–Crippen MR) is 48.7 cm³/mol. The molecular formula is C9H13N3. The van der Waals surface area contributed by atoms with Crippen molar-refractivity contribution in [1.82, 2.24) is 9.97 Å². The molecule has 64 valence electrons. The molecule has 12 heavy (non-hydrogen) atoms. The highest BCUT2D eigenvalue weighted by Crippen LogP contribution is 2.15. The Morgan fingerprint density at radius 1 is 1.42 bits per heavy atom. The van der Waals surface area contributed by atoms with Crippen LogP contribution in [0.2, 0.25) is 0 Å². The van der Waals surface area contributed by atoms with Crippen LogP contribution in [0.25, 0.3) is 0 Å². The highest BCUT2D eigenvalue weighted by molar-refractivity contribution is 5.80. The summed E-state index contributed by atoms with van der Waals surface area (Å²) >= 11 is 0. The van der Waals surface area contributed by atoms with Gasteiger partial charge in [0.25, 0.3) is 0 Å². The Morgan fingerprint density at radius 2 is 2.08 bits per heavy atom. The molecule has 1 rings (SSSR count). The Kier molecular flexibility index (Phi) is 2.53. The number of nitrogens with zero attached hydrogens (tertiary/aromatic N) is 2. The van der Waals surface area contributed by atoms with Crippen molar-refractivity contribution < 1.29 is 0 Å². The zero-order valence-corrected chi connectivity index (χ0v) is 7.63. The summed E-state index contributed by atoms with van der Waals surface area (Å²) in [6.45, 7) is 6.03. The van der Waals surface area contributed by atoms with Gasteiger partial charge in [0.05, 0.1) is 5.69 Å². The molecule has 0 aromatic carbocycles. The number of aromatic nitrogens is 2. The van der Waals surface area contributed by atoms with Crippen molar-refractivity contribution in [2.75, 3.05) is 0 Å². The van der Waals surface area contributed by atoms with Gasteiger partial charge in [-0.25, -0.2) is 9.97 Å². The molecule has 3 heteroatoms. The summed E-state index contributed by atoms with van der Waals surface area (Å²) in [5.41, 5.74) is 2.69. The fourth-order valence-corrected chi connectivity index (χ4v) is 1.14. The fourth-order valence-electron chi connectivity index (χ4n) is 1.14. The van der Waals surface area contributed by atoms with Gasteiger partial charge in [-0.15, -0.1) is 0 Å². The lowest BCUT2D eigenvalue weighted by Crippen LogP contribution is -2.03. The van der Waals surface area contributed by atoms with E-state index < -0.39 is 0 Å². The van der Waals surface area contributed by atoms with E-state index in [2.05, 4.69) is 23.8 Å². The number of aryl methyl sites for hydroxylation is 1. The van der Waals surface area contributed by atoms with Crippen LogP contribution in [0, 0.1) is 12.3 Å². The van der Waals surface area contributed by atoms with Crippen molar-refractivity contribution in [1.29, 1.82) is 5.41 Å². The van der Waals surface area contributed by atoms with E-state index in [1.165, 1.54) is 6.21 Å². The Morgan fingerprint density at radius 3 is 2.50 bits per heavy atom. The van der Waals surface area contributed by atoms with Crippen LogP contribution in [-0.2, 0) is 0 Å². The zero-order chi connectivity index (χ0) is 9.14. The average molecular weight is 163 g/mol. The second kappa shape index (κ2) is 3.43. The van der Waals surface area contributed by atoms with Gasteiger partial charge in [0.15, 0.2) is 0 Å². The largest absolute Gasteiger partial charge is 0.308 e. The molecule has 0 aliphatic heterocycles. The van der Waals surface area contributed by atoms with Crippen LogP contribution in [0.4, 0.5) is 0 Å². The van der Waals surface area contributed by atoms with Crippen molar-refractivity contribution in [3.63, 3.8) is 0 Å². The van der Waals surface area contributed by atoms with Gasteiger partial charge < -0.3 is 5.41 Å². The van der Waals surface area contributed by atoms with E-state index in [1.807, 2.05) is 6.92 Å². The highest BCUT2D eigenvalue weighted by atomic mass is 14.8. The van der Waals surface area contributed by atoms with Crippen molar-refractivity contribution in [2.45, 2.75) is 26.7 Å². The Balaban J connectivity index is 3.27. The SMILES string of the molecule is Cc1ncnc(C(C)C)c1C=N. The third-order valence-corrected chi connectivity index (χ3v) is 1.81.